The van der Waals surface area contributed by atoms with Gasteiger partial charge in [-0.3, -0.25) is 0 Å². The van der Waals surface area contributed by atoms with Crippen molar-refractivity contribution in [3.05, 3.63) is 28.8 Å². The zero-order valence-electron chi connectivity index (χ0n) is 12.2. The minimum absolute atomic E-state index is 0.00519. The molecule has 0 radical (unpaired) electrons. The number of aromatic hydroxyl groups is 1. The minimum atomic E-state index is -0.0681. The Labute approximate surface area is 120 Å². The van der Waals surface area contributed by atoms with Gasteiger partial charge in [-0.25, -0.2) is 0 Å². The van der Waals surface area contributed by atoms with Crippen molar-refractivity contribution in [2.24, 2.45) is 11.7 Å². The van der Waals surface area contributed by atoms with Crippen molar-refractivity contribution in [2.75, 3.05) is 0 Å². The number of nitrogens with two attached hydrogens (primary N) is 1. The molecule has 0 aromatic heterocycles. The van der Waals surface area contributed by atoms with E-state index in [9.17, 15) is 10.2 Å². The largest absolute Gasteiger partial charge is 0.508 e. The Morgan fingerprint density at radius 2 is 2.10 bits per heavy atom. The van der Waals surface area contributed by atoms with E-state index in [-0.39, 0.29) is 23.8 Å². The molecule has 3 heteroatoms. The van der Waals surface area contributed by atoms with E-state index in [2.05, 4.69) is 6.92 Å². The Bertz CT molecular complexity index is 514. The highest BCUT2D eigenvalue weighted by Gasteiger charge is 2.44. The first-order valence-corrected chi connectivity index (χ1v) is 7.78. The highest BCUT2D eigenvalue weighted by atomic mass is 16.3. The molecule has 3 nitrogen and oxygen atoms in total. The molecule has 20 heavy (non-hydrogen) atoms. The van der Waals surface area contributed by atoms with Crippen LogP contribution in [-0.4, -0.2) is 16.3 Å². The van der Waals surface area contributed by atoms with Crippen molar-refractivity contribution in [3.8, 4) is 5.75 Å². The third-order valence-corrected chi connectivity index (χ3v) is 5.59. The van der Waals surface area contributed by atoms with E-state index in [0.717, 1.165) is 18.4 Å². The topological polar surface area (TPSA) is 66.5 Å². The van der Waals surface area contributed by atoms with Crippen LogP contribution in [0.25, 0.3) is 0 Å². The van der Waals surface area contributed by atoms with Gasteiger partial charge in [-0.05, 0) is 54.0 Å². The van der Waals surface area contributed by atoms with E-state index in [1.54, 1.807) is 6.07 Å². The number of hydrogen-bond donors (Lipinski definition) is 3. The Hall–Kier alpha value is -1.06. The third kappa shape index (κ3) is 2.04. The standard InChI is InChI=1S/C17H25NO2/c1-17-6-4-2-3-5-11(16(17)18)8-14-12(10-19)7-13(20)9-15(14)17/h7,9,11,16,19-20H,2-6,8,10,18H2,1H3. The molecular weight excluding hydrogens is 250 g/mol. The molecule has 0 aliphatic heterocycles. The molecule has 3 unspecified atom stereocenters. The lowest BCUT2D eigenvalue weighted by Crippen LogP contribution is -2.53. The molecule has 0 spiro atoms. The summed E-state index contributed by atoms with van der Waals surface area (Å²) < 4.78 is 0. The molecule has 3 atom stereocenters. The van der Waals surface area contributed by atoms with Crippen LogP contribution in [-0.2, 0) is 18.4 Å². The number of aliphatic hydroxyl groups excluding tert-OH is 1. The second-order valence-corrected chi connectivity index (χ2v) is 6.80. The number of phenolic OH excluding ortho intramolecular Hbond substituents is 1. The predicted octanol–water partition coefficient (Wildman–Crippen LogP) is 2.61. The Morgan fingerprint density at radius 1 is 1.30 bits per heavy atom. The van der Waals surface area contributed by atoms with Gasteiger partial charge >= 0.3 is 0 Å². The quantitative estimate of drug-likeness (QED) is 0.738. The first-order chi connectivity index (χ1) is 9.56. The summed E-state index contributed by atoms with van der Waals surface area (Å²) >= 11 is 0. The smallest absolute Gasteiger partial charge is 0.116 e. The van der Waals surface area contributed by atoms with Crippen LogP contribution in [0.4, 0.5) is 0 Å². The van der Waals surface area contributed by atoms with Gasteiger partial charge in [0.25, 0.3) is 0 Å². The van der Waals surface area contributed by atoms with E-state index in [1.807, 2.05) is 6.07 Å². The summed E-state index contributed by atoms with van der Waals surface area (Å²) in [5, 5.41) is 19.6. The van der Waals surface area contributed by atoms with E-state index in [1.165, 1.54) is 36.8 Å². The molecule has 110 valence electrons. The number of fused-ring (bicyclic) bond motifs is 4. The zero-order valence-corrected chi connectivity index (χ0v) is 12.2. The summed E-state index contributed by atoms with van der Waals surface area (Å²) in [7, 11) is 0. The van der Waals surface area contributed by atoms with Crippen LogP contribution in [0.1, 0.15) is 55.7 Å². The van der Waals surface area contributed by atoms with Gasteiger partial charge in [0.2, 0.25) is 0 Å². The lowest BCUT2D eigenvalue weighted by molar-refractivity contribution is 0.198. The van der Waals surface area contributed by atoms with Crippen LogP contribution in [0.15, 0.2) is 12.1 Å². The monoisotopic (exact) mass is 275 g/mol. The lowest BCUT2D eigenvalue weighted by Gasteiger charge is -2.48. The van der Waals surface area contributed by atoms with Crippen LogP contribution in [0.3, 0.4) is 0 Å². The zero-order chi connectivity index (χ0) is 14.3. The lowest BCUT2D eigenvalue weighted by atomic mass is 9.59. The SMILES string of the molecule is CC12CCCCCC(Cc3c(CO)cc(O)cc31)C2N. The Morgan fingerprint density at radius 3 is 2.85 bits per heavy atom. The highest BCUT2D eigenvalue weighted by molar-refractivity contribution is 5.48. The molecule has 1 aromatic rings. The van der Waals surface area contributed by atoms with Crippen LogP contribution < -0.4 is 5.73 Å². The highest BCUT2D eigenvalue weighted by Crippen LogP contribution is 2.47. The van der Waals surface area contributed by atoms with Crippen molar-refractivity contribution in [2.45, 2.75) is 63.5 Å². The summed E-state index contributed by atoms with van der Waals surface area (Å²) in [6.07, 6.45) is 6.94. The van der Waals surface area contributed by atoms with Crippen LogP contribution in [0.2, 0.25) is 0 Å². The fourth-order valence-corrected chi connectivity index (χ4v) is 4.35. The predicted molar refractivity (Wildman–Crippen MR) is 79.6 cm³/mol. The third-order valence-electron chi connectivity index (χ3n) is 5.59. The normalized spacial score (nSPS) is 33.1. The fourth-order valence-electron chi connectivity index (χ4n) is 4.35. The van der Waals surface area contributed by atoms with Crippen molar-refractivity contribution in [1.82, 2.24) is 0 Å². The number of benzene rings is 1. The molecule has 1 aromatic carbocycles. The minimum Gasteiger partial charge on any atom is -0.508 e. The van der Waals surface area contributed by atoms with Crippen molar-refractivity contribution in [3.63, 3.8) is 0 Å². The molecular formula is C17H25NO2. The number of hydrogen-bond acceptors (Lipinski definition) is 3. The molecule has 0 saturated heterocycles. The Balaban J connectivity index is 2.17. The summed E-state index contributed by atoms with van der Waals surface area (Å²) in [4.78, 5) is 0. The van der Waals surface area contributed by atoms with E-state index >= 15 is 0 Å². The summed E-state index contributed by atoms with van der Waals surface area (Å²) in [6, 6.07) is 3.74. The molecule has 2 aliphatic carbocycles. The van der Waals surface area contributed by atoms with Gasteiger partial charge in [-0.1, -0.05) is 26.2 Å². The molecule has 0 heterocycles. The molecule has 1 fully saturated rings. The van der Waals surface area contributed by atoms with Gasteiger partial charge in [0, 0.05) is 11.5 Å². The molecule has 3 rings (SSSR count). The van der Waals surface area contributed by atoms with E-state index < -0.39 is 0 Å². The molecule has 0 amide bonds. The average molecular weight is 275 g/mol. The van der Waals surface area contributed by atoms with Gasteiger partial charge in [-0.2, -0.15) is 0 Å². The fraction of sp³-hybridized carbons (Fsp3) is 0.647. The first kappa shape index (κ1) is 13.9. The maximum absolute atomic E-state index is 9.97. The number of aliphatic hydroxyl groups is 1. The van der Waals surface area contributed by atoms with Crippen LogP contribution >= 0.6 is 0 Å². The van der Waals surface area contributed by atoms with Crippen molar-refractivity contribution >= 4 is 0 Å². The maximum Gasteiger partial charge on any atom is 0.116 e. The molecule has 2 aliphatic rings. The second-order valence-electron chi connectivity index (χ2n) is 6.80. The van der Waals surface area contributed by atoms with Gasteiger partial charge in [-0.15, -0.1) is 0 Å². The number of rotatable bonds is 1. The van der Waals surface area contributed by atoms with Crippen molar-refractivity contribution in [1.29, 1.82) is 0 Å². The maximum atomic E-state index is 9.97. The van der Waals surface area contributed by atoms with Crippen molar-refractivity contribution < 1.29 is 10.2 Å². The van der Waals surface area contributed by atoms with Crippen LogP contribution in [0.5, 0.6) is 5.75 Å². The average Bonchev–Trinajstić information content (AvgIpc) is 2.43. The summed E-state index contributed by atoms with van der Waals surface area (Å²) in [6.45, 7) is 2.24. The van der Waals surface area contributed by atoms with Gasteiger partial charge in [0.15, 0.2) is 0 Å². The summed E-state index contributed by atoms with van der Waals surface area (Å²) in [5.74, 6) is 0.754. The number of phenols is 1. The second kappa shape index (κ2) is 5.05. The molecule has 4 N–H and O–H groups in total. The van der Waals surface area contributed by atoms with Gasteiger partial charge < -0.3 is 15.9 Å². The summed E-state index contributed by atoms with van der Waals surface area (Å²) in [5.41, 5.74) is 9.82. The van der Waals surface area contributed by atoms with E-state index in [0.29, 0.717) is 5.92 Å². The van der Waals surface area contributed by atoms with Gasteiger partial charge in [0.05, 0.1) is 6.61 Å². The first-order valence-electron chi connectivity index (χ1n) is 7.78. The molecule has 2 bridgehead atoms. The molecule has 1 saturated carbocycles. The Kier molecular flexibility index (Phi) is 3.51. The van der Waals surface area contributed by atoms with E-state index in [4.69, 9.17) is 5.73 Å². The van der Waals surface area contributed by atoms with Gasteiger partial charge in [0.1, 0.15) is 5.75 Å². The van der Waals surface area contributed by atoms with Crippen LogP contribution in [0, 0.1) is 5.92 Å².